The van der Waals surface area contributed by atoms with Gasteiger partial charge in [-0.05, 0) is 42.0 Å². The summed E-state index contributed by atoms with van der Waals surface area (Å²) >= 11 is 0. The lowest BCUT2D eigenvalue weighted by Crippen LogP contribution is -2.45. The van der Waals surface area contributed by atoms with Gasteiger partial charge in [0.2, 0.25) is 5.76 Å². The molecule has 1 aliphatic heterocycles. The number of ether oxygens (including phenoxy) is 1. The average molecular weight is 498 g/mol. The molecule has 1 saturated heterocycles. The lowest BCUT2D eigenvalue weighted by Gasteiger charge is -2.36. The Hall–Kier alpha value is -4.43. The van der Waals surface area contributed by atoms with Gasteiger partial charge in [-0.25, -0.2) is 4.79 Å². The summed E-state index contributed by atoms with van der Waals surface area (Å²) in [5.41, 5.74) is 2.95. The topological polar surface area (TPSA) is 92.1 Å². The van der Waals surface area contributed by atoms with Crippen LogP contribution >= 0.6 is 0 Å². The van der Waals surface area contributed by atoms with Gasteiger partial charge in [-0.3, -0.25) is 14.5 Å². The van der Waals surface area contributed by atoms with Crippen LogP contribution in [0.1, 0.15) is 16.1 Å². The number of carbonyl (C=O) groups is 2. The molecule has 0 unspecified atom stereocenters. The number of benzene rings is 3. The maximum absolute atomic E-state index is 12.3. The fraction of sp³-hybridized carbons (Fsp3) is 0.207. The molecule has 0 radical (unpaired) electrons. The third-order valence-corrected chi connectivity index (χ3v) is 6.31. The van der Waals surface area contributed by atoms with Crippen LogP contribution in [-0.2, 0) is 16.1 Å². The van der Waals surface area contributed by atoms with Gasteiger partial charge in [0.15, 0.2) is 12.0 Å². The fourth-order valence-electron chi connectivity index (χ4n) is 4.37. The van der Waals surface area contributed by atoms with Crippen molar-refractivity contribution in [3.05, 3.63) is 106 Å². The Morgan fingerprint density at radius 3 is 2.32 bits per heavy atom. The highest BCUT2D eigenvalue weighted by atomic mass is 16.5. The minimum Gasteiger partial charge on any atom is -0.450 e. The van der Waals surface area contributed by atoms with Crippen molar-refractivity contribution >= 4 is 34.2 Å². The molecule has 37 heavy (non-hydrogen) atoms. The number of nitrogens with one attached hydrogen (secondary N) is 1. The minimum absolute atomic E-state index is 0.246. The first-order valence-electron chi connectivity index (χ1n) is 12.2. The van der Waals surface area contributed by atoms with Crippen LogP contribution in [0.25, 0.3) is 11.0 Å². The molecule has 4 aromatic rings. The van der Waals surface area contributed by atoms with E-state index in [-0.39, 0.29) is 16.8 Å². The zero-order chi connectivity index (χ0) is 25.6. The third kappa shape index (κ3) is 6.05. The molecule has 1 N–H and O–H groups in total. The maximum atomic E-state index is 12.3. The molecule has 188 valence electrons. The molecule has 8 nitrogen and oxygen atoms in total. The first kappa shape index (κ1) is 24.3. The lowest BCUT2D eigenvalue weighted by atomic mass is 10.2. The second-order valence-corrected chi connectivity index (χ2v) is 8.89. The number of nitrogens with zero attached hydrogens (tertiary/aromatic N) is 2. The van der Waals surface area contributed by atoms with E-state index >= 15 is 0 Å². The van der Waals surface area contributed by atoms with Gasteiger partial charge in [0, 0.05) is 50.2 Å². The van der Waals surface area contributed by atoms with E-state index in [1.807, 2.05) is 30.3 Å². The molecule has 3 aromatic carbocycles. The number of hydrogen-bond acceptors (Lipinski definition) is 7. The van der Waals surface area contributed by atoms with Crippen LogP contribution in [0.2, 0.25) is 0 Å². The van der Waals surface area contributed by atoms with Crippen LogP contribution in [0.5, 0.6) is 0 Å². The number of carbonyl (C=O) groups excluding carboxylic acids is 2. The van der Waals surface area contributed by atoms with E-state index < -0.39 is 18.5 Å². The molecule has 1 aromatic heterocycles. The van der Waals surface area contributed by atoms with Crippen molar-refractivity contribution in [3.8, 4) is 0 Å². The third-order valence-electron chi connectivity index (χ3n) is 6.31. The lowest BCUT2D eigenvalue weighted by molar-refractivity contribution is -0.119. The van der Waals surface area contributed by atoms with Gasteiger partial charge in [0.25, 0.3) is 5.91 Å². The highest BCUT2D eigenvalue weighted by Crippen LogP contribution is 2.20. The minimum atomic E-state index is -0.875. The maximum Gasteiger partial charge on any atom is 0.374 e. The summed E-state index contributed by atoms with van der Waals surface area (Å²) in [6.45, 7) is 4.28. The van der Waals surface area contributed by atoms with Gasteiger partial charge in [0.05, 0.1) is 5.39 Å². The summed E-state index contributed by atoms with van der Waals surface area (Å²) < 4.78 is 10.5. The normalized spacial score (nSPS) is 13.9. The summed E-state index contributed by atoms with van der Waals surface area (Å²) in [5.74, 6) is -1.61. The fourth-order valence-corrected chi connectivity index (χ4v) is 4.37. The summed E-state index contributed by atoms with van der Waals surface area (Å²) in [4.78, 5) is 41.5. The summed E-state index contributed by atoms with van der Waals surface area (Å²) in [7, 11) is 0. The largest absolute Gasteiger partial charge is 0.450 e. The highest BCUT2D eigenvalue weighted by molar-refractivity contribution is 5.95. The standard InChI is InChI=1S/C29H27N3O5/c33-25-18-27(37-26-9-5-4-8-24(25)26)29(35)36-20-28(34)30-22-10-12-23(13-11-22)32-16-14-31(15-17-32)19-21-6-2-1-3-7-21/h1-13,18H,14-17,19-20H2,(H,30,34). The molecular formula is C29H27N3O5. The molecule has 1 aliphatic rings. The highest BCUT2D eigenvalue weighted by Gasteiger charge is 2.18. The van der Waals surface area contributed by atoms with Gasteiger partial charge in [0.1, 0.15) is 5.58 Å². The van der Waals surface area contributed by atoms with Crippen LogP contribution in [0.4, 0.5) is 11.4 Å². The SMILES string of the molecule is O=C(COC(=O)c1cc(=O)c2ccccc2o1)Nc1ccc(N2CCN(Cc3ccccc3)CC2)cc1. The number of anilines is 2. The number of hydrogen-bond donors (Lipinski definition) is 1. The predicted octanol–water partition coefficient (Wildman–Crippen LogP) is 3.91. The van der Waals surface area contributed by atoms with Gasteiger partial charge in [-0.15, -0.1) is 0 Å². The molecule has 2 heterocycles. The molecule has 1 fully saturated rings. The van der Waals surface area contributed by atoms with Crippen LogP contribution in [-0.4, -0.2) is 49.6 Å². The number of rotatable bonds is 7. The number of amides is 1. The Morgan fingerprint density at radius 2 is 1.57 bits per heavy atom. The quantitative estimate of drug-likeness (QED) is 0.387. The van der Waals surface area contributed by atoms with E-state index in [1.54, 1.807) is 24.3 Å². The molecule has 1 amide bonds. The van der Waals surface area contributed by atoms with Crippen LogP contribution in [0.15, 0.2) is 94.1 Å². The predicted molar refractivity (Wildman–Crippen MR) is 142 cm³/mol. The van der Waals surface area contributed by atoms with Crippen LogP contribution in [0.3, 0.4) is 0 Å². The van der Waals surface area contributed by atoms with Gasteiger partial charge >= 0.3 is 5.97 Å². The summed E-state index contributed by atoms with van der Waals surface area (Å²) in [5, 5.41) is 3.09. The van der Waals surface area contributed by atoms with E-state index in [2.05, 4.69) is 39.4 Å². The molecule has 0 atom stereocenters. The Balaban J connectivity index is 1.10. The van der Waals surface area contributed by atoms with Crippen LogP contribution in [0, 0.1) is 0 Å². The average Bonchev–Trinajstić information content (AvgIpc) is 2.93. The Labute approximate surface area is 214 Å². The molecule has 0 bridgehead atoms. The molecule has 0 saturated carbocycles. The molecule has 0 spiro atoms. The second kappa shape index (κ2) is 11.1. The number of piperazine rings is 1. The zero-order valence-corrected chi connectivity index (χ0v) is 20.3. The van der Waals surface area contributed by atoms with E-state index in [9.17, 15) is 14.4 Å². The smallest absolute Gasteiger partial charge is 0.374 e. The monoisotopic (exact) mass is 497 g/mol. The van der Waals surface area contributed by atoms with E-state index in [0.29, 0.717) is 11.1 Å². The molecule has 5 rings (SSSR count). The van der Waals surface area contributed by atoms with Crippen molar-refractivity contribution in [3.63, 3.8) is 0 Å². The second-order valence-electron chi connectivity index (χ2n) is 8.89. The first-order chi connectivity index (χ1) is 18.0. The molecule has 8 heteroatoms. The van der Waals surface area contributed by atoms with Crippen molar-refractivity contribution in [1.29, 1.82) is 0 Å². The van der Waals surface area contributed by atoms with Gasteiger partial charge in [-0.1, -0.05) is 42.5 Å². The first-order valence-corrected chi connectivity index (χ1v) is 12.2. The Kier molecular flexibility index (Phi) is 7.28. The number of esters is 1. The summed E-state index contributed by atoms with van der Waals surface area (Å²) in [6, 6.07) is 25.8. The Bertz CT molecular complexity index is 1440. The van der Waals surface area contributed by atoms with E-state index in [0.717, 1.165) is 44.5 Å². The van der Waals surface area contributed by atoms with Crippen molar-refractivity contribution in [2.75, 3.05) is 43.0 Å². The number of fused-ring (bicyclic) bond motifs is 1. The zero-order valence-electron chi connectivity index (χ0n) is 20.3. The van der Waals surface area contributed by atoms with Crippen molar-refractivity contribution in [2.45, 2.75) is 6.54 Å². The molecule has 0 aliphatic carbocycles. The van der Waals surface area contributed by atoms with Crippen molar-refractivity contribution < 1.29 is 18.7 Å². The van der Waals surface area contributed by atoms with Crippen molar-refractivity contribution in [1.82, 2.24) is 4.90 Å². The Morgan fingerprint density at radius 1 is 0.865 bits per heavy atom. The number of para-hydroxylation sites is 1. The van der Waals surface area contributed by atoms with Gasteiger partial charge < -0.3 is 19.4 Å². The van der Waals surface area contributed by atoms with E-state index in [4.69, 9.17) is 9.15 Å². The van der Waals surface area contributed by atoms with E-state index in [1.165, 1.54) is 5.56 Å². The van der Waals surface area contributed by atoms with Crippen molar-refractivity contribution in [2.24, 2.45) is 0 Å². The van der Waals surface area contributed by atoms with Gasteiger partial charge in [-0.2, -0.15) is 0 Å². The molecular weight excluding hydrogens is 470 g/mol. The summed E-state index contributed by atoms with van der Waals surface area (Å²) in [6.07, 6.45) is 0. The van der Waals surface area contributed by atoms with Crippen LogP contribution < -0.4 is 15.6 Å².